The van der Waals surface area contributed by atoms with Crippen LogP contribution in [0.15, 0.2) is 91.5 Å². The topological polar surface area (TPSA) is 87.7 Å². The van der Waals surface area contributed by atoms with E-state index in [4.69, 9.17) is 4.74 Å². The van der Waals surface area contributed by atoms with Crippen molar-refractivity contribution in [1.29, 1.82) is 0 Å². The molecule has 2 unspecified atom stereocenters. The summed E-state index contributed by atoms with van der Waals surface area (Å²) in [5, 5.41) is 5.80. The van der Waals surface area contributed by atoms with Gasteiger partial charge in [-0.3, -0.25) is 9.59 Å². The van der Waals surface area contributed by atoms with Gasteiger partial charge < -0.3 is 20.3 Å². The maximum absolute atomic E-state index is 14.4. The lowest BCUT2D eigenvalue weighted by molar-refractivity contribution is -0.142. The zero-order valence-corrected chi connectivity index (χ0v) is 24.6. The first-order valence-electron chi connectivity index (χ1n) is 13.8. The van der Waals surface area contributed by atoms with Crippen LogP contribution in [0.2, 0.25) is 0 Å². The van der Waals surface area contributed by atoms with Gasteiger partial charge in [-0.2, -0.15) is 0 Å². The Bertz CT molecular complexity index is 1310. The quantitative estimate of drug-likeness (QED) is 0.292. The van der Waals surface area contributed by atoms with E-state index in [9.17, 15) is 14.4 Å². The molecule has 0 fully saturated rings. The smallest absolute Gasteiger partial charge is 0.408 e. The van der Waals surface area contributed by atoms with Crippen molar-refractivity contribution in [1.82, 2.24) is 15.5 Å². The largest absolute Gasteiger partial charge is 0.444 e. The van der Waals surface area contributed by atoms with Crippen molar-refractivity contribution in [2.45, 2.75) is 65.3 Å². The molecule has 41 heavy (non-hydrogen) atoms. The fourth-order valence-corrected chi connectivity index (χ4v) is 4.73. The lowest BCUT2D eigenvalue weighted by Crippen LogP contribution is -2.54. The number of carbonyl (C=O) groups excluding carboxylic acids is 3. The maximum Gasteiger partial charge on any atom is 0.408 e. The summed E-state index contributed by atoms with van der Waals surface area (Å²) in [5.41, 5.74) is 3.55. The van der Waals surface area contributed by atoms with Crippen molar-refractivity contribution in [3.8, 4) is 0 Å². The van der Waals surface area contributed by atoms with E-state index in [2.05, 4.69) is 17.2 Å². The highest BCUT2D eigenvalue weighted by atomic mass is 16.6. The van der Waals surface area contributed by atoms with Crippen LogP contribution in [0.1, 0.15) is 54.6 Å². The zero-order valence-electron chi connectivity index (χ0n) is 24.6. The van der Waals surface area contributed by atoms with Crippen LogP contribution in [0.4, 0.5) is 4.79 Å². The minimum atomic E-state index is -0.985. The van der Waals surface area contributed by atoms with Gasteiger partial charge in [0.25, 0.3) is 0 Å². The lowest BCUT2D eigenvalue weighted by Gasteiger charge is -2.35. The standard InChI is InChI=1S/C34H41N3O4/c1-7-21-37(32(39)28(22-26-17-10-8-11-18-26)36-33(40)41-34(4,5)6)30(29-24(2)15-14-16-25(29)3)31(38)35-23-27-19-12-9-13-20-27/h7-20,28,30H,1,21-23H2,2-6H3,(H,35,38)(H,36,40). The first-order valence-corrected chi connectivity index (χ1v) is 13.8. The van der Waals surface area contributed by atoms with Crippen LogP contribution in [0.3, 0.4) is 0 Å². The Hall–Kier alpha value is -4.39. The first-order chi connectivity index (χ1) is 19.5. The highest BCUT2D eigenvalue weighted by Crippen LogP contribution is 2.29. The van der Waals surface area contributed by atoms with Crippen LogP contribution < -0.4 is 10.6 Å². The lowest BCUT2D eigenvalue weighted by atomic mass is 9.93. The van der Waals surface area contributed by atoms with Crippen LogP contribution in [-0.4, -0.2) is 41.0 Å². The van der Waals surface area contributed by atoms with Gasteiger partial charge in [0.05, 0.1) is 0 Å². The molecule has 2 atom stereocenters. The second-order valence-electron chi connectivity index (χ2n) is 11.1. The number of amides is 3. The first kappa shape index (κ1) is 31.1. The third-order valence-electron chi connectivity index (χ3n) is 6.57. The van der Waals surface area contributed by atoms with E-state index in [1.165, 1.54) is 4.90 Å². The zero-order chi connectivity index (χ0) is 30.0. The fourth-order valence-electron chi connectivity index (χ4n) is 4.73. The van der Waals surface area contributed by atoms with E-state index >= 15 is 0 Å². The number of carbonyl (C=O) groups is 3. The summed E-state index contributed by atoms with van der Waals surface area (Å²) in [4.78, 5) is 42.7. The highest BCUT2D eigenvalue weighted by Gasteiger charge is 2.37. The predicted molar refractivity (Wildman–Crippen MR) is 162 cm³/mol. The van der Waals surface area contributed by atoms with Crippen molar-refractivity contribution >= 4 is 17.9 Å². The number of hydrogen-bond acceptors (Lipinski definition) is 4. The highest BCUT2D eigenvalue weighted by molar-refractivity contribution is 5.93. The summed E-state index contributed by atoms with van der Waals surface area (Å²) in [6.45, 7) is 13.4. The second-order valence-corrected chi connectivity index (χ2v) is 11.1. The number of benzene rings is 3. The molecule has 0 aromatic heterocycles. The molecule has 7 heteroatoms. The summed E-state index contributed by atoms with van der Waals surface area (Å²) in [7, 11) is 0. The summed E-state index contributed by atoms with van der Waals surface area (Å²) >= 11 is 0. The van der Waals surface area contributed by atoms with E-state index < -0.39 is 29.7 Å². The van der Waals surface area contributed by atoms with Gasteiger partial charge in [0.2, 0.25) is 11.8 Å². The Morgan fingerprint density at radius 3 is 1.98 bits per heavy atom. The molecule has 0 aliphatic heterocycles. The van der Waals surface area contributed by atoms with E-state index in [1.807, 2.05) is 92.7 Å². The normalized spacial score (nSPS) is 12.5. The molecule has 3 amide bonds. The van der Waals surface area contributed by atoms with Gasteiger partial charge in [0, 0.05) is 19.5 Å². The van der Waals surface area contributed by atoms with Crippen LogP contribution in [0.25, 0.3) is 0 Å². The van der Waals surface area contributed by atoms with Gasteiger partial charge in [-0.1, -0.05) is 84.9 Å². The molecular formula is C34H41N3O4. The van der Waals surface area contributed by atoms with Gasteiger partial charge in [-0.15, -0.1) is 6.58 Å². The van der Waals surface area contributed by atoms with Crippen LogP contribution in [-0.2, 0) is 27.3 Å². The van der Waals surface area contributed by atoms with E-state index in [0.717, 1.165) is 27.8 Å². The minimum Gasteiger partial charge on any atom is -0.444 e. The second kappa shape index (κ2) is 14.3. The molecule has 216 valence electrons. The van der Waals surface area contributed by atoms with Crippen molar-refractivity contribution in [2.75, 3.05) is 6.54 Å². The molecule has 0 aliphatic carbocycles. The summed E-state index contributed by atoms with van der Waals surface area (Å²) < 4.78 is 5.49. The third kappa shape index (κ3) is 9.07. The Morgan fingerprint density at radius 2 is 1.44 bits per heavy atom. The summed E-state index contributed by atoms with van der Waals surface area (Å²) in [6.07, 6.45) is 1.11. The number of rotatable bonds is 11. The van der Waals surface area contributed by atoms with Crippen molar-refractivity contribution in [3.63, 3.8) is 0 Å². The molecule has 0 bridgehead atoms. The van der Waals surface area contributed by atoms with Gasteiger partial charge in [-0.05, 0) is 62.4 Å². The van der Waals surface area contributed by atoms with E-state index in [0.29, 0.717) is 6.54 Å². The van der Waals surface area contributed by atoms with Crippen molar-refractivity contribution in [2.24, 2.45) is 0 Å². The van der Waals surface area contributed by atoms with E-state index in [-0.39, 0.29) is 18.9 Å². The fraction of sp³-hybridized carbons (Fsp3) is 0.324. The Morgan fingerprint density at radius 1 is 0.878 bits per heavy atom. The average Bonchev–Trinajstić information content (AvgIpc) is 2.92. The number of alkyl carbamates (subject to hydrolysis) is 1. The Kier molecular flexibility index (Phi) is 10.9. The Balaban J connectivity index is 2.03. The van der Waals surface area contributed by atoms with Crippen LogP contribution in [0, 0.1) is 13.8 Å². The SMILES string of the molecule is C=CCN(C(=O)C(Cc1ccccc1)NC(=O)OC(C)(C)C)C(C(=O)NCc1ccccc1)c1c(C)cccc1C. The molecular weight excluding hydrogens is 514 g/mol. The third-order valence-corrected chi connectivity index (χ3v) is 6.57. The number of nitrogens with one attached hydrogen (secondary N) is 2. The molecule has 0 heterocycles. The summed E-state index contributed by atoms with van der Waals surface area (Å²) in [6, 6.07) is 22.9. The van der Waals surface area contributed by atoms with Gasteiger partial charge >= 0.3 is 6.09 Å². The van der Waals surface area contributed by atoms with Gasteiger partial charge in [0.1, 0.15) is 17.7 Å². The molecule has 0 saturated heterocycles. The number of hydrogen-bond donors (Lipinski definition) is 2. The monoisotopic (exact) mass is 555 g/mol. The van der Waals surface area contributed by atoms with Crippen LogP contribution in [0.5, 0.6) is 0 Å². The molecule has 3 rings (SSSR count). The molecule has 0 radical (unpaired) electrons. The number of aryl methyl sites for hydroxylation is 2. The summed E-state index contributed by atoms with van der Waals surface area (Å²) in [5.74, 6) is -0.737. The maximum atomic E-state index is 14.4. The molecule has 3 aromatic carbocycles. The van der Waals surface area contributed by atoms with E-state index in [1.54, 1.807) is 26.8 Å². The Labute approximate surface area is 243 Å². The molecule has 0 saturated carbocycles. The molecule has 7 nitrogen and oxygen atoms in total. The van der Waals surface area contributed by atoms with Crippen molar-refractivity contribution < 1.29 is 19.1 Å². The van der Waals surface area contributed by atoms with Gasteiger partial charge in [-0.25, -0.2) is 4.79 Å². The minimum absolute atomic E-state index is 0.0946. The predicted octanol–water partition coefficient (Wildman–Crippen LogP) is 5.81. The van der Waals surface area contributed by atoms with Crippen molar-refractivity contribution in [3.05, 3.63) is 119 Å². The van der Waals surface area contributed by atoms with Crippen LogP contribution >= 0.6 is 0 Å². The number of nitrogens with zero attached hydrogens (tertiary/aromatic N) is 1. The molecule has 2 N–H and O–H groups in total. The number of ether oxygens (including phenoxy) is 1. The molecule has 0 spiro atoms. The van der Waals surface area contributed by atoms with Gasteiger partial charge in [0.15, 0.2) is 0 Å². The molecule has 0 aliphatic rings. The average molecular weight is 556 g/mol. The molecule has 3 aromatic rings.